The first-order valence-corrected chi connectivity index (χ1v) is 23.0. The second-order valence-corrected chi connectivity index (χ2v) is 17.2. The molecule has 0 saturated carbocycles. The predicted octanol–water partition coefficient (Wildman–Crippen LogP) is 16.1. The highest BCUT2D eigenvalue weighted by molar-refractivity contribution is 6.26. The lowest BCUT2D eigenvalue weighted by molar-refractivity contribution is 0.955. The number of hydrogen-bond acceptors (Lipinski definition) is 3. The molecule has 0 unspecified atom stereocenters. The molecule has 0 radical (unpaired) electrons. The molecule has 0 fully saturated rings. The molecule has 0 aliphatic carbocycles. The summed E-state index contributed by atoms with van der Waals surface area (Å²) in [5.41, 5.74) is 16.5. The fourth-order valence-electron chi connectivity index (χ4n) is 10.00. The van der Waals surface area contributed by atoms with E-state index in [-0.39, 0.29) is 0 Å². The van der Waals surface area contributed by atoms with Crippen LogP contribution in [-0.4, -0.2) is 24.1 Å². The van der Waals surface area contributed by atoms with Gasteiger partial charge in [-0.15, -0.1) is 0 Å². The number of benzene rings is 10. The van der Waals surface area contributed by atoms with Crippen molar-refractivity contribution in [3.05, 3.63) is 249 Å². The predicted molar refractivity (Wildman–Crippen MR) is 281 cm³/mol. The van der Waals surface area contributed by atoms with Crippen molar-refractivity contribution in [1.82, 2.24) is 24.1 Å². The zero-order valence-corrected chi connectivity index (χ0v) is 36.9. The maximum atomic E-state index is 5.39. The third-order valence-electron chi connectivity index (χ3n) is 13.2. The van der Waals surface area contributed by atoms with Gasteiger partial charge in [-0.3, -0.25) is 4.57 Å². The molecule has 0 atom stereocenters. The number of aromatic nitrogens is 5. The van der Waals surface area contributed by atoms with Gasteiger partial charge in [-0.25, -0.2) is 4.98 Å². The minimum atomic E-state index is 0.557. The Bertz CT molecular complexity index is 3990. The highest BCUT2D eigenvalue weighted by atomic mass is 15.2. The zero-order chi connectivity index (χ0) is 45.0. The first-order chi connectivity index (χ1) is 33.7. The molecule has 318 valence electrons. The van der Waals surface area contributed by atoms with E-state index in [9.17, 15) is 0 Å². The van der Waals surface area contributed by atoms with Crippen LogP contribution in [0.25, 0.3) is 123 Å². The number of para-hydroxylation sites is 2. The molecule has 0 aliphatic rings. The summed E-state index contributed by atoms with van der Waals surface area (Å²) in [4.78, 5) is 15.9. The molecule has 0 aliphatic heterocycles. The Balaban J connectivity index is 1.08. The first-order valence-electron chi connectivity index (χ1n) is 23.0. The zero-order valence-electron chi connectivity index (χ0n) is 36.9. The van der Waals surface area contributed by atoms with E-state index in [1.807, 2.05) is 24.3 Å². The average Bonchev–Trinajstić information content (AvgIpc) is 3.95. The molecule has 68 heavy (non-hydrogen) atoms. The normalized spacial score (nSPS) is 11.5. The van der Waals surface area contributed by atoms with Gasteiger partial charge in [0.05, 0.1) is 27.8 Å². The van der Waals surface area contributed by atoms with Crippen molar-refractivity contribution < 1.29 is 0 Å². The standard InChI is InChI=1S/C63H41N5/c1-5-18-42(19-6-1)44-32-34-47(35-33-44)62-64-61(46-24-11-4-12-25-46)65-63(66-62)68-55-30-15-13-28-52(55)53-38-39-57-59(60(53)68)54-29-14-16-31-56(54)67(57)58-41-50(36-37-51(58)45-22-9-3-10-23-45)49-27-17-26-48(40-49)43-20-7-2-8-21-43/h1-41H. The van der Waals surface area contributed by atoms with E-state index in [0.717, 1.165) is 93.8 Å². The third-order valence-corrected chi connectivity index (χ3v) is 13.2. The highest BCUT2D eigenvalue weighted by Crippen LogP contribution is 2.44. The van der Waals surface area contributed by atoms with Crippen LogP contribution < -0.4 is 0 Å². The number of nitrogens with zero attached hydrogens (tertiary/aromatic N) is 5. The van der Waals surface area contributed by atoms with Crippen LogP contribution in [-0.2, 0) is 0 Å². The molecule has 5 heteroatoms. The second-order valence-electron chi connectivity index (χ2n) is 17.2. The summed E-state index contributed by atoms with van der Waals surface area (Å²) in [6.07, 6.45) is 0. The van der Waals surface area contributed by atoms with E-state index in [0.29, 0.717) is 17.6 Å². The van der Waals surface area contributed by atoms with Crippen molar-refractivity contribution in [3.8, 4) is 78.9 Å². The minimum absolute atomic E-state index is 0.557. The van der Waals surface area contributed by atoms with Crippen LogP contribution in [0.3, 0.4) is 0 Å². The Kier molecular flexibility index (Phi) is 9.43. The largest absolute Gasteiger partial charge is 0.309 e. The Morgan fingerprint density at radius 2 is 0.721 bits per heavy atom. The van der Waals surface area contributed by atoms with E-state index < -0.39 is 0 Å². The quantitative estimate of drug-likeness (QED) is 0.153. The van der Waals surface area contributed by atoms with Crippen LogP contribution in [0, 0.1) is 0 Å². The maximum absolute atomic E-state index is 5.39. The van der Waals surface area contributed by atoms with Crippen molar-refractivity contribution in [1.29, 1.82) is 0 Å². The fraction of sp³-hybridized carbons (Fsp3) is 0. The van der Waals surface area contributed by atoms with E-state index in [4.69, 9.17) is 15.0 Å². The summed E-state index contributed by atoms with van der Waals surface area (Å²) in [5, 5.41) is 4.52. The van der Waals surface area contributed by atoms with Crippen LogP contribution in [0.1, 0.15) is 0 Å². The van der Waals surface area contributed by atoms with Crippen LogP contribution >= 0.6 is 0 Å². The number of rotatable bonds is 8. The van der Waals surface area contributed by atoms with Gasteiger partial charge in [-0.05, 0) is 69.3 Å². The maximum Gasteiger partial charge on any atom is 0.238 e. The summed E-state index contributed by atoms with van der Waals surface area (Å²) < 4.78 is 4.73. The highest BCUT2D eigenvalue weighted by Gasteiger charge is 2.24. The van der Waals surface area contributed by atoms with Crippen molar-refractivity contribution in [2.75, 3.05) is 0 Å². The lowest BCUT2D eigenvalue weighted by atomic mass is 9.95. The molecule has 0 spiro atoms. The van der Waals surface area contributed by atoms with Gasteiger partial charge in [0.2, 0.25) is 5.95 Å². The Morgan fingerprint density at radius 3 is 1.38 bits per heavy atom. The van der Waals surface area contributed by atoms with Gasteiger partial charge in [0.15, 0.2) is 11.6 Å². The molecule has 5 nitrogen and oxygen atoms in total. The fourth-order valence-corrected chi connectivity index (χ4v) is 10.00. The van der Waals surface area contributed by atoms with Crippen LogP contribution in [0.4, 0.5) is 0 Å². The van der Waals surface area contributed by atoms with E-state index >= 15 is 0 Å². The summed E-state index contributed by atoms with van der Waals surface area (Å²) >= 11 is 0. The minimum Gasteiger partial charge on any atom is -0.309 e. The first kappa shape index (κ1) is 39.2. The molecule has 13 rings (SSSR count). The third kappa shape index (κ3) is 6.68. The van der Waals surface area contributed by atoms with Gasteiger partial charge in [0.1, 0.15) is 0 Å². The van der Waals surface area contributed by atoms with Crippen molar-refractivity contribution in [2.24, 2.45) is 0 Å². The molecular weight excluding hydrogens is 827 g/mol. The van der Waals surface area contributed by atoms with Gasteiger partial charge in [-0.2, -0.15) is 9.97 Å². The Morgan fingerprint density at radius 1 is 0.265 bits per heavy atom. The summed E-state index contributed by atoms with van der Waals surface area (Å²) in [7, 11) is 0. The molecule has 13 aromatic rings. The van der Waals surface area contributed by atoms with Gasteiger partial charge in [-0.1, -0.05) is 218 Å². The Hall–Kier alpha value is -9.19. The molecular formula is C63H41N5. The second kappa shape index (κ2) is 16.4. The molecule has 0 amide bonds. The summed E-state index contributed by atoms with van der Waals surface area (Å²) in [6.45, 7) is 0. The van der Waals surface area contributed by atoms with Crippen LogP contribution in [0.5, 0.6) is 0 Å². The topological polar surface area (TPSA) is 48.5 Å². The van der Waals surface area contributed by atoms with Crippen molar-refractivity contribution in [2.45, 2.75) is 0 Å². The van der Waals surface area contributed by atoms with Crippen LogP contribution in [0.15, 0.2) is 249 Å². The smallest absolute Gasteiger partial charge is 0.238 e. The average molecular weight is 868 g/mol. The summed E-state index contributed by atoms with van der Waals surface area (Å²) in [5.74, 6) is 1.77. The molecule has 0 saturated heterocycles. The molecule has 10 aromatic carbocycles. The summed E-state index contributed by atoms with van der Waals surface area (Å²) in [6, 6.07) is 88.3. The van der Waals surface area contributed by atoms with E-state index in [2.05, 4.69) is 234 Å². The molecule has 3 aromatic heterocycles. The van der Waals surface area contributed by atoms with Crippen molar-refractivity contribution >= 4 is 43.6 Å². The molecule has 3 heterocycles. The lowest BCUT2D eigenvalue weighted by Crippen LogP contribution is -2.06. The van der Waals surface area contributed by atoms with Gasteiger partial charge in [0.25, 0.3) is 0 Å². The van der Waals surface area contributed by atoms with Gasteiger partial charge >= 0.3 is 0 Å². The number of hydrogen-bond donors (Lipinski definition) is 0. The SMILES string of the molecule is c1ccc(-c2ccc(-c3nc(-c4ccccc4)nc(-n4c5ccccc5c5ccc6c(c7ccccc7n6-c6cc(-c7cccc(-c8ccccc8)c7)ccc6-c6ccccc6)c54)n3)cc2)cc1. The Labute approximate surface area is 393 Å². The molecule has 0 N–H and O–H groups in total. The monoisotopic (exact) mass is 867 g/mol. The lowest BCUT2D eigenvalue weighted by Gasteiger charge is -2.17. The van der Waals surface area contributed by atoms with E-state index in [1.54, 1.807) is 0 Å². The van der Waals surface area contributed by atoms with Crippen molar-refractivity contribution in [3.63, 3.8) is 0 Å². The number of fused-ring (bicyclic) bond motifs is 7. The van der Waals surface area contributed by atoms with Crippen LogP contribution in [0.2, 0.25) is 0 Å². The molecule has 0 bridgehead atoms. The van der Waals surface area contributed by atoms with Gasteiger partial charge < -0.3 is 4.57 Å². The van der Waals surface area contributed by atoms with E-state index in [1.165, 1.54) is 11.1 Å². The van der Waals surface area contributed by atoms with Gasteiger partial charge in [0, 0.05) is 38.2 Å².